The van der Waals surface area contributed by atoms with E-state index in [9.17, 15) is 0 Å². The molecule has 1 aliphatic carbocycles. The van der Waals surface area contributed by atoms with E-state index in [1.54, 1.807) is 0 Å². The molecule has 0 N–H and O–H groups in total. The fraction of sp³-hybridized carbons (Fsp3) is 0.0698. The van der Waals surface area contributed by atoms with Crippen molar-refractivity contribution in [1.82, 2.24) is 4.57 Å². The third-order valence-electron chi connectivity index (χ3n) is 10.2. The molecule has 2 heteroatoms. The van der Waals surface area contributed by atoms with Gasteiger partial charge in [0, 0.05) is 38.2 Å². The lowest BCUT2D eigenvalue weighted by Gasteiger charge is -2.21. The van der Waals surface area contributed by atoms with E-state index >= 15 is 0 Å². The first-order valence-corrected chi connectivity index (χ1v) is 15.7. The Morgan fingerprint density at radius 1 is 0.489 bits per heavy atom. The molecular formula is C43H29NO. The van der Waals surface area contributed by atoms with Crippen LogP contribution in [-0.2, 0) is 5.41 Å². The number of rotatable bonds is 2. The molecule has 7 aromatic carbocycles. The maximum atomic E-state index is 6.78. The van der Waals surface area contributed by atoms with E-state index in [0.29, 0.717) is 0 Å². The summed E-state index contributed by atoms with van der Waals surface area (Å²) in [7, 11) is 0. The van der Waals surface area contributed by atoms with E-state index in [4.69, 9.17) is 4.42 Å². The second-order valence-electron chi connectivity index (χ2n) is 13.0. The van der Waals surface area contributed by atoms with Gasteiger partial charge in [0.25, 0.3) is 0 Å². The van der Waals surface area contributed by atoms with Gasteiger partial charge in [-0.3, -0.25) is 0 Å². The van der Waals surface area contributed by atoms with Gasteiger partial charge >= 0.3 is 0 Å². The number of fused-ring (bicyclic) bond motifs is 10. The molecule has 0 aliphatic heterocycles. The molecule has 10 rings (SSSR count). The quantitative estimate of drug-likeness (QED) is 0.200. The molecule has 2 heterocycles. The van der Waals surface area contributed by atoms with Crippen molar-refractivity contribution in [3.8, 4) is 27.9 Å². The minimum atomic E-state index is -0.0663. The number of benzene rings is 7. The lowest BCUT2D eigenvalue weighted by molar-refractivity contribution is 0.648. The molecular weight excluding hydrogens is 546 g/mol. The van der Waals surface area contributed by atoms with Gasteiger partial charge in [-0.15, -0.1) is 0 Å². The van der Waals surface area contributed by atoms with Gasteiger partial charge in [-0.05, 0) is 75.0 Å². The maximum absolute atomic E-state index is 6.78. The molecule has 0 amide bonds. The van der Waals surface area contributed by atoms with Gasteiger partial charge in [-0.1, -0.05) is 117 Å². The zero-order valence-electron chi connectivity index (χ0n) is 25.1. The molecule has 0 atom stereocenters. The molecule has 2 nitrogen and oxygen atoms in total. The van der Waals surface area contributed by atoms with Gasteiger partial charge in [-0.25, -0.2) is 0 Å². The normalized spacial score (nSPS) is 13.7. The number of aromatic nitrogens is 1. The first-order valence-electron chi connectivity index (χ1n) is 15.7. The van der Waals surface area contributed by atoms with Crippen LogP contribution in [0.1, 0.15) is 25.0 Å². The van der Waals surface area contributed by atoms with E-state index in [2.05, 4.69) is 158 Å². The molecule has 0 fully saturated rings. The zero-order chi connectivity index (χ0) is 29.9. The van der Waals surface area contributed by atoms with Gasteiger partial charge in [-0.2, -0.15) is 0 Å². The van der Waals surface area contributed by atoms with Gasteiger partial charge in [0.15, 0.2) is 0 Å². The Balaban J connectivity index is 1.21. The summed E-state index contributed by atoms with van der Waals surface area (Å²) in [5, 5.41) is 7.31. The molecule has 212 valence electrons. The van der Waals surface area contributed by atoms with Crippen LogP contribution in [0, 0.1) is 0 Å². The van der Waals surface area contributed by atoms with Crippen LogP contribution in [0.15, 0.2) is 144 Å². The van der Waals surface area contributed by atoms with Gasteiger partial charge in [0.05, 0.1) is 11.0 Å². The number of para-hydroxylation sites is 2. The SMILES string of the molecule is CC1(C)c2ccccc2-c2cc3c(cc21)oc1c(-c2ccc4c5ccccc5n(-c5ccc6ccccc6c5)c4c2)cccc13. The lowest BCUT2D eigenvalue weighted by Crippen LogP contribution is -2.14. The van der Waals surface area contributed by atoms with Gasteiger partial charge in [0.2, 0.25) is 0 Å². The third-order valence-corrected chi connectivity index (χ3v) is 10.2. The Hall–Kier alpha value is -5.60. The maximum Gasteiger partial charge on any atom is 0.143 e. The average Bonchev–Trinajstić information content (AvgIpc) is 3.69. The molecule has 45 heavy (non-hydrogen) atoms. The second-order valence-corrected chi connectivity index (χ2v) is 13.0. The largest absolute Gasteiger partial charge is 0.455 e. The predicted octanol–water partition coefficient (Wildman–Crippen LogP) is 11.8. The molecule has 0 radical (unpaired) electrons. The number of hydrogen-bond acceptors (Lipinski definition) is 1. The van der Waals surface area contributed by atoms with Gasteiger partial charge in [0.1, 0.15) is 11.2 Å². The van der Waals surface area contributed by atoms with Crippen molar-refractivity contribution >= 4 is 54.5 Å². The highest BCUT2D eigenvalue weighted by Gasteiger charge is 2.36. The average molecular weight is 576 g/mol. The number of furan rings is 1. The Kier molecular flexibility index (Phi) is 4.82. The summed E-state index contributed by atoms with van der Waals surface area (Å²) in [5.41, 5.74) is 13.0. The van der Waals surface area contributed by atoms with E-state index in [0.717, 1.165) is 33.4 Å². The van der Waals surface area contributed by atoms with E-state index in [-0.39, 0.29) is 5.41 Å². The molecule has 9 aromatic rings. The van der Waals surface area contributed by atoms with Crippen LogP contribution in [0.4, 0.5) is 0 Å². The van der Waals surface area contributed by atoms with E-state index in [1.165, 1.54) is 60.2 Å². The molecule has 0 saturated carbocycles. The van der Waals surface area contributed by atoms with E-state index in [1.807, 2.05) is 0 Å². The Morgan fingerprint density at radius 3 is 2.18 bits per heavy atom. The zero-order valence-corrected chi connectivity index (χ0v) is 25.1. The van der Waals surface area contributed by atoms with Crippen LogP contribution in [0.5, 0.6) is 0 Å². The smallest absolute Gasteiger partial charge is 0.143 e. The minimum absolute atomic E-state index is 0.0663. The Bertz CT molecular complexity index is 2680. The highest BCUT2D eigenvalue weighted by atomic mass is 16.3. The van der Waals surface area contributed by atoms with Crippen molar-refractivity contribution in [1.29, 1.82) is 0 Å². The monoisotopic (exact) mass is 575 g/mol. The molecule has 0 saturated heterocycles. The van der Waals surface area contributed by atoms with Crippen molar-refractivity contribution in [2.45, 2.75) is 19.3 Å². The summed E-state index contributed by atoms with van der Waals surface area (Å²) in [5.74, 6) is 0. The lowest BCUT2D eigenvalue weighted by atomic mass is 9.82. The summed E-state index contributed by atoms with van der Waals surface area (Å²) < 4.78 is 9.19. The second kappa shape index (κ2) is 8.74. The summed E-state index contributed by atoms with van der Waals surface area (Å²) in [6.07, 6.45) is 0. The predicted molar refractivity (Wildman–Crippen MR) is 189 cm³/mol. The summed E-state index contributed by atoms with van der Waals surface area (Å²) in [6.45, 7) is 4.64. The summed E-state index contributed by atoms with van der Waals surface area (Å²) in [6, 6.07) is 50.9. The van der Waals surface area contributed by atoms with Crippen LogP contribution in [0.2, 0.25) is 0 Å². The van der Waals surface area contributed by atoms with Crippen LogP contribution >= 0.6 is 0 Å². The highest BCUT2D eigenvalue weighted by Crippen LogP contribution is 2.51. The van der Waals surface area contributed by atoms with Crippen molar-refractivity contribution in [3.05, 3.63) is 151 Å². The molecule has 0 spiro atoms. The van der Waals surface area contributed by atoms with Crippen molar-refractivity contribution in [3.63, 3.8) is 0 Å². The molecule has 0 bridgehead atoms. The highest BCUT2D eigenvalue weighted by molar-refractivity contribution is 6.14. The number of hydrogen-bond donors (Lipinski definition) is 0. The van der Waals surface area contributed by atoms with Crippen molar-refractivity contribution in [2.75, 3.05) is 0 Å². The fourth-order valence-corrected chi connectivity index (χ4v) is 7.95. The molecule has 0 unspecified atom stereocenters. The van der Waals surface area contributed by atoms with Crippen LogP contribution in [0.3, 0.4) is 0 Å². The Labute approximate surface area is 260 Å². The van der Waals surface area contributed by atoms with Crippen LogP contribution in [-0.4, -0.2) is 4.57 Å². The Morgan fingerprint density at radius 2 is 1.24 bits per heavy atom. The third kappa shape index (κ3) is 3.34. The summed E-state index contributed by atoms with van der Waals surface area (Å²) in [4.78, 5) is 0. The van der Waals surface area contributed by atoms with E-state index < -0.39 is 0 Å². The summed E-state index contributed by atoms with van der Waals surface area (Å²) >= 11 is 0. The van der Waals surface area contributed by atoms with Crippen LogP contribution < -0.4 is 0 Å². The molecule has 2 aromatic heterocycles. The standard InChI is InChI=1S/C43H29NO/c1-43(2)37-16-7-5-12-31(37)35-24-36-34-15-9-14-30(42(34)45-41(36)25-38(35)43)28-19-21-33-32-13-6-8-17-39(32)44(40(33)23-28)29-20-18-26-10-3-4-11-27(26)22-29/h3-25H,1-2H3. The topological polar surface area (TPSA) is 18.1 Å². The van der Waals surface area contributed by atoms with Crippen LogP contribution in [0.25, 0.3) is 82.5 Å². The minimum Gasteiger partial charge on any atom is -0.455 e. The first-order chi connectivity index (χ1) is 22.1. The number of nitrogens with zero attached hydrogens (tertiary/aromatic N) is 1. The fourth-order valence-electron chi connectivity index (χ4n) is 7.95. The molecule has 1 aliphatic rings. The first kappa shape index (κ1) is 24.8. The van der Waals surface area contributed by atoms with Crippen molar-refractivity contribution in [2.24, 2.45) is 0 Å². The van der Waals surface area contributed by atoms with Gasteiger partial charge < -0.3 is 8.98 Å². The van der Waals surface area contributed by atoms with Crippen molar-refractivity contribution < 1.29 is 4.42 Å².